The van der Waals surface area contributed by atoms with E-state index in [2.05, 4.69) is 48.5 Å². The van der Waals surface area contributed by atoms with Gasteiger partial charge in [-0.1, -0.05) is 48.5 Å². The maximum Gasteiger partial charge on any atom is 0.126 e. The van der Waals surface area contributed by atoms with E-state index < -0.39 is 0 Å². The summed E-state index contributed by atoms with van der Waals surface area (Å²) >= 11 is 0. The number of carbonyl (C=O) groups is 1. The van der Waals surface area contributed by atoms with Crippen molar-refractivity contribution in [2.45, 2.75) is 125 Å². The minimum atomic E-state index is -0.322. The van der Waals surface area contributed by atoms with Crippen molar-refractivity contribution in [3.05, 3.63) is 0 Å². The molecule has 5 aliphatic rings. The Balaban J connectivity index is 1.58. The van der Waals surface area contributed by atoms with Crippen LogP contribution in [0.4, 0.5) is 0 Å². The summed E-state index contributed by atoms with van der Waals surface area (Å²) in [6.45, 7) is 16.9. The normalized spacial score (nSPS) is 57.1. The van der Waals surface area contributed by atoms with Crippen LogP contribution in [0.25, 0.3) is 0 Å². The predicted molar refractivity (Wildman–Crippen MR) is 133 cm³/mol. The summed E-state index contributed by atoms with van der Waals surface area (Å²) in [6, 6.07) is 0. The summed E-state index contributed by atoms with van der Waals surface area (Å²) in [5.41, 5.74) is 0.368. The monoisotopic (exact) mass is 458 g/mol. The van der Waals surface area contributed by atoms with Crippen LogP contribution >= 0.6 is 0 Å². The molecule has 5 saturated carbocycles. The Kier molecular flexibility index (Phi) is 5.22. The van der Waals surface area contributed by atoms with Crippen molar-refractivity contribution in [3.8, 4) is 0 Å². The molecular weight excluding hydrogens is 408 g/mol. The molecule has 0 aromatic heterocycles. The van der Waals surface area contributed by atoms with Gasteiger partial charge in [0.25, 0.3) is 0 Å². The number of fused-ring (bicyclic) bond motifs is 7. The minimum absolute atomic E-state index is 0.0636. The van der Waals surface area contributed by atoms with E-state index in [1.807, 2.05) is 0 Å². The van der Waals surface area contributed by atoms with Gasteiger partial charge in [-0.2, -0.15) is 0 Å². The van der Waals surface area contributed by atoms with Crippen LogP contribution in [0, 0.1) is 56.2 Å². The van der Waals surface area contributed by atoms with Crippen molar-refractivity contribution in [3.63, 3.8) is 0 Å². The quantitative estimate of drug-likeness (QED) is 0.447. The first-order valence-electron chi connectivity index (χ1n) is 14.0. The molecule has 0 radical (unpaired) electrons. The molecule has 2 N–H and O–H groups in total. The topological polar surface area (TPSA) is 57.5 Å². The summed E-state index contributed by atoms with van der Waals surface area (Å²) in [4.78, 5) is 12.6. The number of rotatable bonds is 1. The zero-order valence-electron chi connectivity index (χ0n) is 22.4. The SMILES string of the molecule is CC1(C)CC[C@]2(C=O)CC[C@]3(C)C(C(O)C[C@@H]4[C@@]5(C)CC[C@H](O)C(C)(C)[C@@H]5CC[C@]43C)C2C1. The smallest absolute Gasteiger partial charge is 0.126 e. The van der Waals surface area contributed by atoms with Gasteiger partial charge in [-0.3, -0.25) is 0 Å². The van der Waals surface area contributed by atoms with Crippen LogP contribution in [0.3, 0.4) is 0 Å². The molecule has 0 aromatic rings. The summed E-state index contributed by atoms with van der Waals surface area (Å²) in [7, 11) is 0. The number of aliphatic hydroxyl groups excluding tert-OH is 2. The van der Waals surface area contributed by atoms with Crippen molar-refractivity contribution >= 4 is 6.29 Å². The third kappa shape index (κ3) is 2.96. The van der Waals surface area contributed by atoms with Crippen molar-refractivity contribution < 1.29 is 15.0 Å². The van der Waals surface area contributed by atoms with Crippen molar-refractivity contribution in [1.29, 1.82) is 0 Å². The minimum Gasteiger partial charge on any atom is -0.393 e. The van der Waals surface area contributed by atoms with E-state index in [0.29, 0.717) is 17.8 Å². The fourth-order valence-corrected chi connectivity index (χ4v) is 11.3. The molecule has 3 heteroatoms. The molecule has 3 unspecified atom stereocenters. The van der Waals surface area contributed by atoms with Crippen LogP contribution in [0.2, 0.25) is 0 Å². The predicted octanol–water partition coefficient (Wildman–Crippen LogP) is 6.40. The van der Waals surface area contributed by atoms with Crippen LogP contribution < -0.4 is 0 Å². The molecule has 0 heterocycles. The van der Waals surface area contributed by atoms with Gasteiger partial charge >= 0.3 is 0 Å². The van der Waals surface area contributed by atoms with Crippen LogP contribution in [0.1, 0.15) is 113 Å². The van der Waals surface area contributed by atoms with E-state index in [4.69, 9.17) is 0 Å². The van der Waals surface area contributed by atoms with Gasteiger partial charge in [0.15, 0.2) is 0 Å². The Labute approximate surface area is 202 Å². The highest BCUT2D eigenvalue weighted by molar-refractivity contribution is 5.61. The first-order valence-corrected chi connectivity index (χ1v) is 14.0. The van der Waals surface area contributed by atoms with Crippen LogP contribution in [0.5, 0.6) is 0 Å². The molecule has 188 valence electrons. The molecule has 3 nitrogen and oxygen atoms in total. The second-order valence-corrected chi connectivity index (χ2v) is 15.5. The Morgan fingerprint density at radius 1 is 0.758 bits per heavy atom. The van der Waals surface area contributed by atoms with Gasteiger partial charge in [0.2, 0.25) is 0 Å². The molecule has 0 saturated heterocycles. The molecule has 5 fully saturated rings. The molecule has 0 amide bonds. The zero-order valence-corrected chi connectivity index (χ0v) is 22.4. The standard InChI is InChI=1S/C30H50O3/c1-25(2)12-14-30(18-31)15-13-29(7)24(19(30)17-25)20(32)16-22-27(5)10-9-23(33)26(3,4)21(27)8-11-28(22,29)6/h18-24,32-33H,8-17H2,1-7H3/t19?,20?,21-,22+,23-,24?,27-,28+,29+,30+/m0/s1. The first kappa shape index (κ1) is 24.3. The van der Waals surface area contributed by atoms with E-state index >= 15 is 0 Å². The molecule has 10 atom stereocenters. The molecular formula is C30H50O3. The van der Waals surface area contributed by atoms with Crippen molar-refractivity contribution in [1.82, 2.24) is 0 Å². The number of hydrogen-bond donors (Lipinski definition) is 2. The number of aliphatic hydroxyl groups is 2. The summed E-state index contributed by atoms with van der Waals surface area (Å²) in [5.74, 6) is 1.51. The third-order valence-electron chi connectivity index (χ3n) is 13.5. The maximum atomic E-state index is 12.6. The van der Waals surface area contributed by atoms with Crippen molar-refractivity contribution in [2.24, 2.45) is 56.2 Å². The lowest BCUT2D eigenvalue weighted by atomic mass is 9.31. The second kappa shape index (κ2) is 7.09. The third-order valence-corrected chi connectivity index (χ3v) is 13.5. The fourth-order valence-electron chi connectivity index (χ4n) is 11.3. The van der Waals surface area contributed by atoms with Gasteiger partial charge in [0.05, 0.1) is 12.2 Å². The summed E-state index contributed by atoms with van der Waals surface area (Å²) < 4.78 is 0. The maximum absolute atomic E-state index is 12.6. The van der Waals surface area contributed by atoms with E-state index in [0.717, 1.165) is 51.4 Å². The molecule has 33 heavy (non-hydrogen) atoms. The van der Waals surface area contributed by atoms with E-state index in [-0.39, 0.29) is 50.6 Å². The molecule has 0 spiro atoms. The van der Waals surface area contributed by atoms with Crippen molar-refractivity contribution in [2.75, 3.05) is 0 Å². The Morgan fingerprint density at radius 3 is 2.09 bits per heavy atom. The molecule has 0 aliphatic heterocycles. The van der Waals surface area contributed by atoms with Gasteiger partial charge in [0, 0.05) is 5.41 Å². The Bertz CT molecular complexity index is 817. The molecule has 0 aromatic carbocycles. The summed E-state index contributed by atoms with van der Waals surface area (Å²) in [5, 5.41) is 22.9. The zero-order chi connectivity index (χ0) is 24.2. The van der Waals surface area contributed by atoms with Crippen LogP contribution in [-0.4, -0.2) is 28.7 Å². The van der Waals surface area contributed by atoms with Gasteiger partial charge in [0.1, 0.15) is 6.29 Å². The molecule has 0 bridgehead atoms. The van der Waals surface area contributed by atoms with E-state index in [1.54, 1.807) is 0 Å². The molecule has 5 aliphatic carbocycles. The lowest BCUT2D eigenvalue weighted by Gasteiger charge is -2.74. The first-order chi connectivity index (χ1) is 15.2. The lowest BCUT2D eigenvalue weighted by molar-refractivity contribution is -0.275. The fraction of sp³-hybridized carbons (Fsp3) is 0.967. The number of carbonyl (C=O) groups excluding carboxylic acids is 1. The van der Waals surface area contributed by atoms with Gasteiger partial charge < -0.3 is 15.0 Å². The molecule has 5 rings (SSSR count). The Morgan fingerprint density at radius 2 is 1.42 bits per heavy atom. The van der Waals surface area contributed by atoms with E-state index in [9.17, 15) is 15.0 Å². The number of aldehydes is 1. The lowest BCUT2D eigenvalue weighted by Crippen LogP contribution is -2.70. The van der Waals surface area contributed by atoms with Gasteiger partial charge in [-0.25, -0.2) is 0 Å². The van der Waals surface area contributed by atoms with Gasteiger partial charge in [-0.05, 0) is 115 Å². The van der Waals surface area contributed by atoms with Gasteiger partial charge in [-0.15, -0.1) is 0 Å². The average molecular weight is 459 g/mol. The highest BCUT2D eigenvalue weighted by atomic mass is 16.3. The average Bonchev–Trinajstić information content (AvgIpc) is 2.72. The van der Waals surface area contributed by atoms with Crippen LogP contribution in [-0.2, 0) is 4.79 Å². The largest absolute Gasteiger partial charge is 0.393 e. The summed E-state index contributed by atoms with van der Waals surface area (Å²) in [6.07, 6.45) is 11.3. The van der Waals surface area contributed by atoms with E-state index in [1.165, 1.54) is 19.1 Å². The highest BCUT2D eigenvalue weighted by Gasteiger charge is 2.71. The van der Waals surface area contributed by atoms with Crippen LogP contribution in [0.15, 0.2) is 0 Å². The number of hydrogen-bond acceptors (Lipinski definition) is 3. The second-order valence-electron chi connectivity index (χ2n) is 15.5. The highest BCUT2D eigenvalue weighted by Crippen LogP contribution is 2.76. The Hall–Kier alpha value is -0.410.